The Balaban J connectivity index is 1.65. The molecule has 3 rings (SSSR count). The van der Waals surface area contributed by atoms with Gasteiger partial charge in [-0.25, -0.2) is 0 Å². The monoisotopic (exact) mass is 262 g/mol. The van der Waals surface area contributed by atoms with Crippen LogP contribution in [0, 0.1) is 5.92 Å². The van der Waals surface area contributed by atoms with E-state index >= 15 is 0 Å². The van der Waals surface area contributed by atoms with Crippen molar-refractivity contribution in [1.82, 2.24) is 0 Å². The number of nitrogens with zero attached hydrogens (tertiary/aromatic N) is 1. The highest BCUT2D eigenvalue weighted by Gasteiger charge is 2.17. The van der Waals surface area contributed by atoms with Crippen LogP contribution in [-0.2, 0) is 9.47 Å². The predicted octanol–water partition coefficient (Wildman–Crippen LogP) is 1.97. The van der Waals surface area contributed by atoms with Crippen LogP contribution in [0.25, 0.3) is 0 Å². The van der Waals surface area contributed by atoms with Gasteiger partial charge in [0.05, 0.1) is 31.2 Å². The van der Waals surface area contributed by atoms with Crippen LogP contribution in [-0.4, -0.2) is 46.1 Å². The Morgan fingerprint density at radius 1 is 1.11 bits per heavy atom. The minimum atomic E-state index is 0.651. The molecular formula is C15H22N2O2. The van der Waals surface area contributed by atoms with E-state index in [0.717, 1.165) is 46.1 Å². The standard InChI is InChI=1S/C15H22N2O2/c1-2-4-15(17-6-9-18-10-7-17)14(3-1)16-11-13-5-8-19-12-13/h1-4,13,16H,5-12H2. The van der Waals surface area contributed by atoms with E-state index in [1.807, 2.05) is 0 Å². The summed E-state index contributed by atoms with van der Waals surface area (Å²) < 4.78 is 10.8. The first kappa shape index (κ1) is 12.8. The van der Waals surface area contributed by atoms with Gasteiger partial charge in [0.2, 0.25) is 0 Å². The zero-order valence-electron chi connectivity index (χ0n) is 11.3. The molecule has 19 heavy (non-hydrogen) atoms. The number of hydrogen-bond acceptors (Lipinski definition) is 4. The fraction of sp³-hybridized carbons (Fsp3) is 0.600. The summed E-state index contributed by atoms with van der Waals surface area (Å²) in [4.78, 5) is 2.40. The third-order valence-electron chi connectivity index (χ3n) is 3.86. The van der Waals surface area contributed by atoms with E-state index in [1.165, 1.54) is 17.8 Å². The van der Waals surface area contributed by atoms with Crippen molar-refractivity contribution in [2.45, 2.75) is 6.42 Å². The molecule has 4 nitrogen and oxygen atoms in total. The van der Waals surface area contributed by atoms with Crippen LogP contribution < -0.4 is 10.2 Å². The molecule has 2 aliphatic heterocycles. The second-order valence-corrected chi connectivity index (χ2v) is 5.23. The van der Waals surface area contributed by atoms with E-state index in [1.54, 1.807) is 0 Å². The molecule has 0 bridgehead atoms. The lowest BCUT2D eigenvalue weighted by atomic mass is 10.1. The second-order valence-electron chi connectivity index (χ2n) is 5.23. The number of nitrogens with one attached hydrogen (secondary N) is 1. The number of ether oxygens (including phenoxy) is 2. The molecule has 1 atom stereocenters. The van der Waals surface area contributed by atoms with Gasteiger partial charge >= 0.3 is 0 Å². The van der Waals surface area contributed by atoms with Crippen LogP contribution in [0.4, 0.5) is 11.4 Å². The second kappa shape index (κ2) is 6.26. The molecule has 1 unspecified atom stereocenters. The van der Waals surface area contributed by atoms with E-state index in [0.29, 0.717) is 5.92 Å². The maximum absolute atomic E-state index is 5.43. The van der Waals surface area contributed by atoms with Crippen molar-refractivity contribution in [2.24, 2.45) is 5.92 Å². The summed E-state index contributed by atoms with van der Waals surface area (Å²) in [5.41, 5.74) is 2.53. The van der Waals surface area contributed by atoms with Crippen molar-refractivity contribution in [3.8, 4) is 0 Å². The molecule has 104 valence electrons. The van der Waals surface area contributed by atoms with Crippen LogP contribution >= 0.6 is 0 Å². The molecule has 2 saturated heterocycles. The summed E-state index contributed by atoms with van der Waals surface area (Å²) in [6, 6.07) is 8.56. The van der Waals surface area contributed by atoms with E-state index in [9.17, 15) is 0 Å². The van der Waals surface area contributed by atoms with Crippen LogP contribution in [0.5, 0.6) is 0 Å². The van der Waals surface area contributed by atoms with E-state index in [4.69, 9.17) is 9.47 Å². The van der Waals surface area contributed by atoms with Gasteiger partial charge in [-0.2, -0.15) is 0 Å². The van der Waals surface area contributed by atoms with Crippen LogP contribution in [0.2, 0.25) is 0 Å². The highest BCUT2D eigenvalue weighted by molar-refractivity contribution is 5.70. The molecule has 0 radical (unpaired) electrons. The van der Waals surface area contributed by atoms with Crippen molar-refractivity contribution in [2.75, 3.05) is 56.3 Å². The average Bonchev–Trinajstić information content (AvgIpc) is 3.00. The number of para-hydroxylation sites is 2. The van der Waals surface area contributed by atoms with Crippen molar-refractivity contribution < 1.29 is 9.47 Å². The first-order chi connectivity index (χ1) is 9.43. The fourth-order valence-electron chi connectivity index (χ4n) is 2.70. The van der Waals surface area contributed by atoms with Crippen molar-refractivity contribution in [3.63, 3.8) is 0 Å². The van der Waals surface area contributed by atoms with E-state index in [-0.39, 0.29) is 0 Å². The Hall–Kier alpha value is -1.26. The number of rotatable bonds is 4. The van der Waals surface area contributed by atoms with Crippen LogP contribution in [0.1, 0.15) is 6.42 Å². The number of benzene rings is 1. The number of anilines is 2. The number of morpholine rings is 1. The van der Waals surface area contributed by atoms with Gasteiger partial charge in [-0.15, -0.1) is 0 Å². The minimum Gasteiger partial charge on any atom is -0.383 e. The largest absolute Gasteiger partial charge is 0.383 e. The first-order valence-corrected chi connectivity index (χ1v) is 7.17. The Bertz CT molecular complexity index is 399. The first-order valence-electron chi connectivity index (χ1n) is 7.17. The van der Waals surface area contributed by atoms with Gasteiger partial charge in [0, 0.05) is 32.2 Å². The molecule has 2 heterocycles. The average molecular weight is 262 g/mol. The van der Waals surface area contributed by atoms with Crippen LogP contribution in [0.3, 0.4) is 0 Å². The van der Waals surface area contributed by atoms with E-state index in [2.05, 4.69) is 34.5 Å². The molecule has 0 saturated carbocycles. The molecule has 2 fully saturated rings. The summed E-state index contributed by atoms with van der Waals surface area (Å²) >= 11 is 0. The summed E-state index contributed by atoms with van der Waals surface area (Å²) in [5, 5.41) is 3.59. The van der Waals surface area contributed by atoms with Gasteiger partial charge < -0.3 is 19.7 Å². The lowest BCUT2D eigenvalue weighted by molar-refractivity contribution is 0.123. The Labute approximate surface area is 114 Å². The highest BCUT2D eigenvalue weighted by Crippen LogP contribution is 2.27. The Morgan fingerprint density at radius 2 is 1.95 bits per heavy atom. The topological polar surface area (TPSA) is 33.7 Å². The Kier molecular flexibility index (Phi) is 4.20. The molecule has 0 spiro atoms. The molecule has 1 aromatic rings. The van der Waals surface area contributed by atoms with Gasteiger partial charge in [0.1, 0.15) is 0 Å². The molecular weight excluding hydrogens is 240 g/mol. The third-order valence-corrected chi connectivity index (χ3v) is 3.86. The SMILES string of the molecule is c1ccc(N2CCOCC2)c(NCC2CCOC2)c1. The minimum absolute atomic E-state index is 0.651. The molecule has 0 amide bonds. The zero-order chi connectivity index (χ0) is 12.9. The molecule has 1 N–H and O–H groups in total. The van der Waals surface area contributed by atoms with E-state index < -0.39 is 0 Å². The van der Waals surface area contributed by atoms with Gasteiger partial charge in [0.25, 0.3) is 0 Å². The van der Waals surface area contributed by atoms with Crippen LogP contribution in [0.15, 0.2) is 24.3 Å². The highest BCUT2D eigenvalue weighted by atomic mass is 16.5. The smallest absolute Gasteiger partial charge is 0.0642 e. The summed E-state index contributed by atoms with van der Waals surface area (Å²) in [6.07, 6.45) is 1.17. The van der Waals surface area contributed by atoms with Gasteiger partial charge in [0.15, 0.2) is 0 Å². The van der Waals surface area contributed by atoms with Gasteiger partial charge in [-0.3, -0.25) is 0 Å². The third kappa shape index (κ3) is 3.19. The molecule has 0 aromatic heterocycles. The maximum atomic E-state index is 5.43. The maximum Gasteiger partial charge on any atom is 0.0642 e. The zero-order valence-corrected chi connectivity index (χ0v) is 11.3. The van der Waals surface area contributed by atoms with Crippen molar-refractivity contribution in [1.29, 1.82) is 0 Å². The molecule has 0 aliphatic carbocycles. The summed E-state index contributed by atoms with van der Waals surface area (Å²) in [6.45, 7) is 6.41. The quantitative estimate of drug-likeness (QED) is 0.899. The van der Waals surface area contributed by atoms with Gasteiger partial charge in [-0.1, -0.05) is 12.1 Å². The predicted molar refractivity (Wildman–Crippen MR) is 76.9 cm³/mol. The fourth-order valence-corrected chi connectivity index (χ4v) is 2.70. The number of hydrogen-bond donors (Lipinski definition) is 1. The molecule has 4 heteroatoms. The lowest BCUT2D eigenvalue weighted by Crippen LogP contribution is -2.36. The molecule has 1 aromatic carbocycles. The summed E-state index contributed by atoms with van der Waals surface area (Å²) in [5.74, 6) is 0.651. The van der Waals surface area contributed by atoms with Crippen molar-refractivity contribution in [3.05, 3.63) is 24.3 Å². The lowest BCUT2D eigenvalue weighted by Gasteiger charge is -2.31. The Morgan fingerprint density at radius 3 is 2.74 bits per heavy atom. The molecule has 2 aliphatic rings. The van der Waals surface area contributed by atoms with Gasteiger partial charge in [-0.05, 0) is 18.6 Å². The summed E-state index contributed by atoms with van der Waals surface area (Å²) in [7, 11) is 0. The normalized spacial score (nSPS) is 23.6. The van der Waals surface area contributed by atoms with Crippen molar-refractivity contribution >= 4 is 11.4 Å².